The summed E-state index contributed by atoms with van der Waals surface area (Å²) in [5, 5.41) is 14.4. The van der Waals surface area contributed by atoms with Gasteiger partial charge in [0.2, 0.25) is 0 Å². The van der Waals surface area contributed by atoms with Crippen molar-refractivity contribution in [1.82, 2.24) is 5.32 Å². The molecule has 4 heteroatoms. The second-order valence-electron chi connectivity index (χ2n) is 1.21. The fraction of sp³-hybridized carbons (Fsp3) is 0.667. The number of nitrogens with zero attached hydrogens (tertiary/aromatic N) is 1. The Morgan fingerprint density at radius 1 is 2.00 bits per heavy atom. The summed E-state index contributed by atoms with van der Waals surface area (Å²) in [6.07, 6.45) is 0.728. The highest BCUT2D eigenvalue weighted by Gasteiger charge is 2.02. The van der Waals surface area contributed by atoms with E-state index in [0.717, 1.165) is 0 Å². The molecule has 2 N–H and O–H groups in total. The van der Waals surface area contributed by atoms with Crippen LogP contribution in [0.1, 0.15) is 0 Å². The van der Waals surface area contributed by atoms with Gasteiger partial charge in [0.05, 0.1) is 0 Å². The standard InChI is InChI=1S/C3H6N2O2/c6-3-1-7-5-2-4-3/h2-3,6H,1H2,(H,4,5). The van der Waals surface area contributed by atoms with Crippen molar-refractivity contribution in [3.8, 4) is 0 Å². The molecule has 0 saturated heterocycles. The molecule has 1 rings (SSSR count). The Balaban J connectivity index is 2.32. The first-order valence-electron chi connectivity index (χ1n) is 1.97. The Kier molecular flexibility index (Phi) is 1.12. The number of aliphatic hydroxyl groups excluding tert-OH is 1. The topological polar surface area (TPSA) is 53.9 Å². The van der Waals surface area contributed by atoms with Crippen LogP contribution in [0.3, 0.4) is 0 Å². The van der Waals surface area contributed by atoms with E-state index in [9.17, 15) is 0 Å². The molecule has 0 aliphatic carbocycles. The predicted molar refractivity (Wildman–Crippen MR) is 23.6 cm³/mol. The molecule has 1 unspecified atom stereocenters. The van der Waals surface area contributed by atoms with Crippen LogP contribution in [0.5, 0.6) is 0 Å². The molecule has 0 fully saturated rings. The van der Waals surface area contributed by atoms with Gasteiger partial charge in [0.25, 0.3) is 0 Å². The van der Waals surface area contributed by atoms with Crippen molar-refractivity contribution in [3.05, 3.63) is 0 Å². The van der Waals surface area contributed by atoms with E-state index in [2.05, 4.69) is 15.3 Å². The maximum Gasteiger partial charge on any atom is 0.162 e. The molecule has 0 radical (unpaired) electrons. The third-order valence-corrected chi connectivity index (χ3v) is 0.627. The van der Waals surface area contributed by atoms with Gasteiger partial charge >= 0.3 is 0 Å². The molecule has 1 aliphatic rings. The number of oxime groups is 1. The minimum Gasteiger partial charge on any atom is -0.390 e. The van der Waals surface area contributed by atoms with Crippen LogP contribution < -0.4 is 5.32 Å². The molecular formula is C3H6N2O2. The summed E-state index contributed by atoms with van der Waals surface area (Å²) >= 11 is 0. The highest BCUT2D eigenvalue weighted by atomic mass is 16.6. The second-order valence-corrected chi connectivity index (χ2v) is 1.21. The SMILES string of the molecule is OC1CON=CN1. The van der Waals surface area contributed by atoms with Crippen molar-refractivity contribution >= 4 is 6.34 Å². The third kappa shape index (κ3) is 1.04. The van der Waals surface area contributed by atoms with Gasteiger partial charge in [0.1, 0.15) is 6.34 Å². The van der Waals surface area contributed by atoms with Crippen molar-refractivity contribution in [2.24, 2.45) is 5.16 Å². The van der Waals surface area contributed by atoms with Gasteiger partial charge in [-0.1, -0.05) is 5.16 Å². The average molecular weight is 102 g/mol. The van der Waals surface area contributed by atoms with E-state index in [1.54, 1.807) is 0 Å². The van der Waals surface area contributed by atoms with Crippen LogP contribution in [-0.4, -0.2) is 24.3 Å². The molecule has 1 aliphatic heterocycles. The molecule has 40 valence electrons. The Bertz CT molecular complexity index is 83.0. The van der Waals surface area contributed by atoms with Crippen LogP contribution in [-0.2, 0) is 4.84 Å². The normalized spacial score (nSPS) is 28.4. The summed E-state index contributed by atoms with van der Waals surface area (Å²) in [7, 11) is 0. The Morgan fingerprint density at radius 3 is 3.14 bits per heavy atom. The highest BCUT2D eigenvalue weighted by Crippen LogP contribution is 1.83. The Morgan fingerprint density at radius 2 is 2.86 bits per heavy atom. The first kappa shape index (κ1) is 4.39. The third-order valence-electron chi connectivity index (χ3n) is 0.627. The molecule has 7 heavy (non-hydrogen) atoms. The van der Waals surface area contributed by atoms with E-state index >= 15 is 0 Å². The smallest absolute Gasteiger partial charge is 0.162 e. The van der Waals surface area contributed by atoms with E-state index in [0.29, 0.717) is 0 Å². The fourth-order valence-electron chi connectivity index (χ4n) is 0.315. The summed E-state index contributed by atoms with van der Waals surface area (Å²) in [5.41, 5.74) is 0. The van der Waals surface area contributed by atoms with E-state index in [1.165, 1.54) is 6.34 Å². The van der Waals surface area contributed by atoms with Crippen LogP contribution in [0.25, 0.3) is 0 Å². The molecule has 0 saturated carbocycles. The molecular weight excluding hydrogens is 96.0 g/mol. The Hall–Kier alpha value is -0.770. The number of nitrogens with one attached hydrogen (secondary N) is 1. The lowest BCUT2D eigenvalue weighted by molar-refractivity contribution is 0.0188. The van der Waals surface area contributed by atoms with Crippen molar-refractivity contribution in [2.45, 2.75) is 6.23 Å². The zero-order valence-corrected chi connectivity index (χ0v) is 3.66. The molecule has 0 spiro atoms. The molecule has 1 atom stereocenters. The summed E-state index contributed by atoms with van der Waals surface area (Å²) in [6, 6.07) is 0. The summed E-state index contributed by atoms with van der Waals surface area (Å²) < 4.78 is 0. The van der Waals surface area contributed by atoms with E-state index in [1.807, 2.05) is 0 Å². The molecule has 0 aromatic rings. The maximum atomic E-state index is 8.58. The molecule has 0 bridgehead atoms. The van der Waals surface area contributed by atoms with Gasteiger partial charge in [-0.05, 0) is 0 Å². The molecule has 0 aromatic heterocycles. The van der Waals surface area contributed by atoms with E-state index in [4.69, 9.17) is 5.11 Å². The van der Waals surface area contributed by atoms with Crippen LogP contribution in [0.15, 0.2) is 5.16 Å². The summed E-state index contributed by atoms with van der Waals surface area (Å²) in [6.45, 7) is 0.233. The van der Waals surface area contributed by atoms with E-state index < -0.39 is 6.23 Å². The average Bonchev–Trinajstić information content (AvgIpc) is 1.69. The van der Waals surface area contributed by atoms with Gasteiger partial charge in [0.15, 0.2) is 12.8 Å². The van der Waals surface area contributed by atoms with Gasteiger partial charge < -0.3 is 15.3 Å². The maximum absolute atomic E-state index is 8.58. The predicted octanol–water partition coefficient (Wildman–Crippen LogP) is -1.13. The van der Waals surface area contributed by atoms with Gasteiger partial charge in [-0.3, -0.25) is 0 Å². The number of hydrogen-bond donors (Lipinski definition) is 2. The van der Waals surface area contributed by atoms with Crippen molar-refractivity contribution in [3.63, 3.8) is 0 Å². The van der Waals surface area contributed by atoms with Gasteiger partial charge in [-0.2, -0.15) is 0 Å². The quantitative estimate of drug-likeness (QED) is 0.407. The zero-order chi connectivity index (χ0) is 5.11. The van der Waals surface area contributed by atoms with Crippen LogP contribution in [0.2, 0.25) is 0 Å². The Labute approximate surface area is 40.8 Å². The summed E-state index contributed by atoms with van der Waals surface area (Å²) in [4.78, 5) is 4.44. The first-order valence-corrected chi connectivity index (χ1v) is 1.97. The fourth-order valence-corrected chi connectivity index (χ4v) is 0.315. The molecule has 0 amide bonds. The number of aliphatic hydroxyl groups is 1. The lowest BCUT2D eigenvalue weighted by atomic mass is 10.6. The minimum absolute atomic E-state index is 0.233. The van der Waals surface area contributed by atoms with Gasteiger partial charge in [-0.15, -0.1) is 0 Å². The van der Waals surface area contributed by atoms with Crippen molar-refractivity contribution in [1.29, 1.82) is 0 Å². The largest absolute Gasteiger partial charge is 0.390 e. The molecule has 1 heterocycles. The lowest BCUT2D eigenvalue weighted by Gasteiger charge is -2.11. The molecule has 0 aromatic carbocycles. The van der Waals surface area contributed by atoms with Crippen molar-refractivity contribution < 1.29 is 9.94 Å². The zero-order valence-electron chi connectivity index (χ0n) is 3.66. The van der Waals surface area contributed by atoms with E-state index in [-0.39, 0.29) is 6.61 Å². The molecule has 4 nitrogen and oxygen atoms in total. The van der Waals surface area contributed by atoms with Crippen LogP contribution >= 0.6 is 0 Å². The van der Waals surface area contributed by atoms with Crippen molar-refractivity contribution in [2.75, 3.05) is 6.61 Å². The van der Waals surface area contributed by atoms with Crippen LogP contribution in [0, 0.1) is 0 Å². The number of rotatable bonds is 0. The lowest BCUT2D eigenvalue weighted by Crippen LogP contribution is -2.34. The summed E-state index contributed by atoms with van der Waals surface area (Å²) in [5.74, 6) is 0. The van der Waals surface area contributed by atoms with Gasteiger partial charge in [0, 0.05) is 0 Å². The highest BCUT2D eigenvalue weighted by molar-refractivity contribution is 5.53. The van der Waals surface area contributed by atoms with Crippen LogP contribution in [0.4, 0.5) is 0 Å². The second kappa shape index (κ2) is 1.79. The van der Waals surface area contributed by atoms with Gasteiger partial charge in [-0.25, -0.2) is 0 Å². The monoisotopic (exact) mass is 102 g/mol. The first-order chi connectivity index (χ1) is 3.39. The minimum atomic E-state index is -0.586. The number of hydrogen-bond acceptors (Lipinski definition) is 4.